The first-order valence-electron chi connectivity index (χ1n) is 12.0. The van der Waals surface area contributed by atoms with Gasteiger partial charge in [-0.1, -0.05) is 31.5 Å². The fourth-order valence-electron chi connectivity index (χ4n) is 3.95. The highest BCUT2D eigenvalue weighted by molar-refractivity contribution is 6.02. The Balaban J connectivity index is 1.73. The van der Waals surface area contributed by atoms with E-state index >= 15 is 0 Å². The van der Waals surface area contributed by atoms with Crippen LogP contribution in [0.2, 0.25) is 0 Å². The van der Waals surface area contributed by atoms with Crippen LogP contribution in [0.4, 0.5) is 0 Å². The summed E-state index contributed by atoms with van der Waals surface area (Å²) in [5, 5.41) is 14.6. The third kappa shape index (κ3) is 5.79. The molecular weight excluding hydrogens is 440 g/mol. The van der Waals surface area contributed by atoms with E-state index in [1.54, 1.807) is 15.7 Å². The number of carbonyl (C=O) groups is 1. The van der Waals surface area contributed by atoms with Crippen molar-refractivity contribution in [2.75, 3.05) is 32.9 Å². The molecule has 0 N–H and O–H groups in total. The zero-order valence-electron chi connectivity index (χ0n) is 20.2. The van der Waals surface area contributed by atoms with Crippen molar-refractivity contribution in [1.29, 1.82) is 5.26 Å². The Morgan fingerprint density at radius 3 is 2.66 bits per heavy atom. The van der Waals surface area contributed by atoms with E-state index < -0.39 is 0 Å². The van der Waals surface area contributed by atoms with E-state index in [1.807, 2.05) is 61.7 Å². The maximum atomic E-state index is 13.0. The molecule has 7 nitrogen and oxygen atoms in total. The molecule has 2 heterocycles. The fraction of sp³-hybridized carbons (Fsp3) is 0.321. The van der Waals surface area contributed by atoms with Gasteiger partial charge < -0.3 is 14.4 Å². The summed E-state index contributed by atoms with van der Waals surface area (Å²) in [5.41, 5.74) is 4.26. The molecule has 1 aliphatic rings. The predicted molar refractivity (Wildman–Crippen MR) is 135 cm³/mol. The molecule has 4 rings (SSSR count). The van der Waals surface area contributed by atoms with E-state index in [1.165, 1.54) is 0 Å². The van der Waals surface area contributed by atoms with Crippen molar-refractivity contribution in [3.63, 3.8) is 0 Å². The lowest BCUT2D eigenvalue weighted by molar-refractivity contribution is -0.130. The lowest BCUT2D eigenvalue weighted by atomic mass is 10.0. The van der Waals surface area contributed by atoms with Crippen LogP contribution in [0, 0.1) is 18.3 Å². The quantitative estimate of drug-likeness (QED) is 0.269. The highest BCUT2D eigenvalue weighted by Gasteiger charge is 2.22. The summed E-state index contributed by atoms with van der Waals surface area (Å²) in [7, 11) is 0. The monoisotopic (exact) mass is 470 g/mol. The van der Waals surface area contributed by atoms with Crippen LogP contribution in [-0.4, -0.2) is 53.5 Å². The van der Waals surface area contributed by atoms with E-state index in [-0.39, 0.29) is 11.5 Å². The molecule has 0 bridgehead atoms. The van der Waals surface area contributed by atoms with Gasteiger partial charge in [0, 0.05) is 30.4 Å². The number of nitrogens with zero attached hydrogens (tertiary/aromatic N) is 4. The van der Waals surface area contributed by atoms with Crippen LogP contribution in [0.1, 0.15) is 30.9 Å². The van der Waals surface area contributed by atoms with Gasteiger partial charge in [0.1, 0.15) is 23.1 Å². The molecular formula is C28H30N4O3. The Morgan fingerprint density at radius 2 is 1.97 bits per heavy atom. The molecule has 0 saturated carbocycles. The molecule has 3 aromatic rings. The fourth-order valence-corrected chi connectivity index (χ4v) is 3.95. The second kappa shape index (κ2) is 11.5. The van der Waals surface area contributed by atoms with Crippen LogP contribution in [0.25, 0.3) is 23.0 Å². The lowest BCUT2D eigenvalue weighted by Crippen LogP contribution is -2.41. The minimum atomic E-state index is -0.287. The van der Waals surface area contributed by atoms with E-state index in [0.717, 1.165) is 35.4 Å². The van der Waals surface area contributed by atoms with Crippen molar-refractivity contribution in [2.45, 2.75) is 26.7 Å². The van der Waals surface area contributed by atoms with Gasteiger partial charge in [0.05, 0.1) is 25.5 Å². The summed E-state index contributed by atoms with van der Waals surface area (Å²) in [6.07, 6.45) is 5.58. The summed E-state index contributed by atoms with van der Waals surface area (Å²) in [6.45, 7) is 6.75. The first-order chi connectivity index (χ1) is 17.1. The summed E-state index contributed by atoms with van der Waals surface area (Å²) in [4.78, 5) is 14.7. The number of nitriles is 1. The Labute approximate surface area is 206 Å². The van der Waals surface area contributed by atoms with Gasteiger partial charge in [-0.05, 0) is 55.3 Å². The maximum absolute atomic E-state index is 13.0. The van der Waals surface area contributed by atoms with Crippen LogP contribution in [-0.2, 0) is 9.53 Å². The number of amides is 1. The number of rotatable bonds is 8. The zero-order chi connectivity index (χ0) is 24.6. The average Bonchev–Trinajstić information content (AvgIpc) is 3.33. The van der Waals surface area contributed by atoms with Crippen molar-refractivity contribution in [2.24, 2.45) is 0 Å². The molecule has 0 unspecified atom stereocenters. The van der Waals surface area contributed by atoms with Crippen molar-refractivity contribution in [1.82, 2.24) is 14.7 Å². The van der Waals surface area contributed by atoms with Crippen LogP contribution >= 0.6 is 0 Å². The van der Waals surface area contributed by atoms with Crippen LogP contribution in [0.3, 0.4) is 0 Å². The number of ether oxygens (including phenoxy) is 2. The predicted octanol–water partition coefficient (Wildman–Crippen LogP) is 4.79. The second-order valence-electron chi connectivity index (χ2n) is 8.47. The topological polar surface area (TPSA) is 80.4 Å². The molecule has 1 saturated heterocycles. The van der Waals surface area contributed by atoms with Gasteiger partial charge in [0.2, 0.25) is 0 Å². The standard InChI is InChI=1S/C28H30N4O3/c1-3-4-14-35-26-11-10-22(17-21(26)2)27-24(20-32(30-27)25-8-6-5-7-9-25)18-23(19-29)28(33)31-12-15-34-16-13-31/h5-11,17-18,20H,3-4,12-16H2,1-2H3/b23-18+. The van der Waals surface area contributed by atoms with Gasteiger partial charge in [-0.2, -0.15) is 10.4 Å². The molecule has 0 atom stereocenters. The Kier molecular flexibility index (Phi) is 7.96. The normalized spacial score (nSPS) is 14.0. The molecule has 1 amide bonds. The van der Waals surface area contributed by atoms with Crippen molar-refractivity contribution < 1.29 is 14.3 Å². The molecule has 7 heteroatoms. The summed E-state index contributed by atoms with van der Waals surface area (Å²) in [5.74, 6) is 0.562. The number of morpholine rings is 1. The lowest BCUT2D eigenvalue weighted by Gasteiger charge is -2.26. The van der Waals surface area contributed by atoms with E-state index in [0.29, 0.717) is 44.2 Å². The highest BCUT2D eigenvalue weighted by Crippen LogP contribution is 2.30. The number of aryl methyl sites for hydroxylation is 1. The number of hydrogen-bond donors (Lipinski definition) is 0. The zero-order valence-corrected chi connectivity index (χ0v) is 20.2. The smallest absolute Gasteiger partial charge is 0.264 e. The van der Waals surface area contributed by atoms with Crippen molar-refractivity contribution in [3.8, 4) is 28.8 Å². The Hall–Kier alpha value is -3.89. The molecule has 180 valence electrons. The average molecular weight is 471 g/mol. The first-order valence-corrected chi connectivity index (χ1v) is 12.0. The second-order valence-corrected chi connectivity index (χ2v) is 8.47. The number of aromatic nitrogens is 2. The summed E-state index contributed by atoms with van der Waals surface area (Å²) < 4.78 is 13.0. The molecule has 1 aromatic heterocycles. The van der Waals surface area contributed by atoms with Gasteiger partial charge in [0.25, 0.3) is 5.91 Å². The summed E-state index contributed by atoms with van der Waals surface area (Å²) in [6, 6.07) is 17.8. The molecule has 0 aliphatic carbocycles. The van der Waals surface area contributed by atoms with Gasteiger partial charge >= 0.3 is 0 Å². The largest absolute Gasteiger partial charge is 0.493 e. The number of unbranched alkanes of at least 4 members (excludes halogenated alkanes) is 1. The SMILES string of the molecule is CCCCOc1ccc(-c2nn(-c3ccccc3)cc2/C=C(\C#N)C(=O)N2CCOCC2)cc1C. The molecule has 35 heavy (non-hydrogen) atoms. The number of para-hydroxylation sites is 1. The molecule has 0 spiro atoms. The highest BCUT2D eigenvalue weighted by atomic mass is 16.5. The third-order valence-corrected chi connectivity index (χ3v) is 5.92. The number of carbonyl (C=O) groups excluding carboxylic acids is 1. The summed E-state index contributed by atoms with van der Waals surface area (Å²) >= 11 is 0. The Morgan fingerprint density at radius 1 is 1.20 bits per heavy atom. The molecule has 1 fully saturated rings. The van der Waals surface area contributed by atoms with Crippen LogP contribution in [0.15, 0.2) is 60.3 Å². The molecule has 0 radical (unpaired) electrons. The van der Waals surface area contributed by atoms with Gasteiger partial charge in [-0.25, -0.2) is 4.68 Å². The molecule has 1 aliphatic heterocycles. The number of hydrogen-bond acceptors (Lipinski definition) is 5. The maximum Gasteiger partial charge on any atom is 0.264 e. The van der Waals surface area contributed by atoms with E-state index in [9.17, 15) is 10.1 Å². The minimum Gasteiger partial charge on any atom is -0.493 e. The van der Waals surface area contributed by atoms with E-state index in [4.69, 9.17) is 14.6 Å². The van der Waals surface area contributed by atoms with Gasteiger partial charge in [-0.15, -0.1) is 0 Å². The first kappa shape index (κ1) is 24.2. The van der Waals surface area contributed by atoms with E-state index in [2.05, 4.69) is 13.0 Å². The Bertz CT molecular complexity index is 1230. The van der Waals surface area contributed by atoms with Gasteiger partial charge in [-0.3, -0.25) is 4.79 Å². The number of benzene rings is 2. The van der Waals surface area contributed by atoms with Crippen molar-refractivity contribution >= 4 is 12.0 Å². The van der Waals surface area contributed by atoms with Gasteiger partial charge in [0.15, 0.2) is 0 Å². The minimum absolute atomic E-state index is 0.0806. The van der Waals surface area contributed by atoms with Crippen LogP contribution in [0.5, 0.6) is 5.75 Å². The van der Waals surface area contributed by atoms with Crippen LogP contribution < -0.4 is 4.74 Å². The van der Waals surface area contributed by atoms with Crippen molar-refractivity contribution in [3.05, 3.63) is 71.4 Å². The third-order valence-electron chi connectivity index (χ3n) is 5.92. The molecule has 2 aromatic carbocycles.